The Kier molecular flexibility index (Phi) is 5.57. The molecule has 0 aromatic heterocycles. The second-order valence-corrected chi connectivity index (χ2v) is 7.22. The first-order valence-corrected chi connectivity index (χ1v) is 8.91. The third kappa shape index (κ3) is 5.50. The van der Waals surface area contributed by atoms with Gasteiger partial charge in [-0.3, -0.25) is 0 Å². The predicted molar refractivity (Wildman–Crippen MR) is 88.2 cm³/mol. The van der Waals surface area contributed by atoms with Crippen LogP contribution in [0.5, 0.6) is 5.75 Å². The summed E-state index contributed by atoms with van der Waals surface area (Å²) in [6.45, 7) is 2.34. The van der Waals surface area contributed by atoms with Gasteiger partial charge >= 0.3 is 0 Å². The Balaban J connectivity index is 1.80. The zero-order chi connectivity index (χ0) is 16.0. The molecule has 0 aliphatic carbocycles. The topological polar surface area (TPSA) is 66.4 Å². The van der Waals surface area contributed by atoms with Crippen LogP contribution in [0.2, 0.25) is 0 Å². The van der Waals surface area contributed by atoms with E-state index in [1.54, 1.807) is 18.2 Å². The van der Waals surface area contributed by atoms with E-state index in [2.05, 4.69) is 4.72 Å². The summed E-state index contributed by atoms with van der Waals surface area (Å²) in [7, 11) is -3.31. The molecule has 2 aromatic carbocycles. The van der Waals surface area contributed by atoms with Gasteiger partial charge in [0.05, 0.1) is 5.75 Å². The van der Waals surface area contributed by atoms with Crippen LogP contribution >= 0.6 is 0 Å². The molecule has 0 atom stereocenters. The summed E-state index contributed by atoms with van der Waals surface area (Å²) >= 11 is 0. The summed E-state index contributed by atoms with van der Waals surface area (Å²) in [6.07, 6.45) is 1.41. The summed E-state index contributed by atoms with van der Waals surface area (Å²) < 4.78 is 26.7. The summed E-state index contributed by atoms with van der Waals surface area (Å²) in [6, 6.07) is 14.5. The number of nitrogens with one attached hydrogen (secondary N) is 1. The van der Waals surface area contributed by atoms with Crippen LogP contribution in [0, 0.1) is 6.92 Å². The molecule has 0 unspecified atom stereocenters. The van der Waals surface area contributed by atoms with Gasteiger partial charge in [0.1, 0.15) is 5.75 Å². The largest absolute Gasteiger partial charge is 0.508 e. The maximum atomic E-state index is 12.0. The van der Waals surface area contributed by atoms with E-state index in [1.165, 1.54) is 0 Å². The van der Waals surface area contributed by atoms with E-state index in [4.69, 9.17) is 0 Å². The molecule has 2 aromatic rings. The van der Waals surface area contributed by atoms with E-state index in [0.717, 1.165) is 23.1 Å². The highest BCUT2D eigenvalue weighted by Crippen LogP contribution is 2.12. The molecule has 0 amide bonds. The number of hydrogen-bond donors (Lipinski definition) is 2. The van der Waals surface area contributed by atoms with Gasteiger partial charge in [-0.25, -0.2) is 13.1 Å². The van der Waals surface area contributed by atoms with Gasteiger partial charge in [-0.1, -0.05) is 42.0 Å². The molecule has 0 aliphatic heterocycles. The third-order valence-corrected chi connectivity index (χ3v) is 4.67. The third-order valence-electron chi connectivity index (χ3n) is 3.31. The van der Waals surface area contributed by atoms with Crippen LogP contribution in [0.1, 0.15) is 23.1 Å². The molecule has 0 spiro atoms. The Labute approximate surface area is 131 Å². The molecular formula is C17H21NO3S. The Morgan fingerprint density at radius 1 is 1.05 bits per heavy atom. The van der Waals surface area contributed by atoms with Gasteiger partial charge in [0.2, 0.25) is 10.0 Å². The van der Waals surface area contributed by atoms with Crippen molar-refractivity contribution in [3.8, 4) is 5.75 Å². The van der Waals surface area contributed by atoms with Gasteiger partial charge in [-0.05, 0) is 43.0 Å². The highest BCUT2D eigenvalue weighted by Gasteiger charge is 2.10. The monoisotopic (exact) mass is 319 g/mol. The van der Waals surface area contributed by atoms with Crippen molar-refractivity contribution in [3.05, 3.63) is 65.2 Å². The lowest BCUT2D eigenvalue weighted by atomic mass is 10.1. The van der Waals surface area contributed by atoms with E-state index in [0.29, 0.717) is 13.0 Å². The summed E-state index contributed by atoms with van der Waals surface area (Å²) in [5.41, 5.74) is 2.84. The number of hydrogen-bond acceptors (Lipinski definition) is 3. The van der Waals surface area contributed by atoms with Crippen molar-refractivity contribution >= 4 is 10.0 Å². The van der Waals surface area contributed by atoms with Crippen molar-refractivity contribution in [2.24, 2.45) is 0 Å². The maximum absolute atomic E-state index is 12.0. The van der Waals surface area contributed by atoms with Gasteiger partial charge in [0, 0.05) is 6.54 Å². The predicted octanol–water partition coefficient (Wildman–Crippen LogP) is 2.75. The first-order chi connectivity index (χ1) is 10.4. The first-order valence-electron chi connectivity index (χ1n) is 7.25. The zero-order valence-electron chi connectivity index (χ0n) is 12.6. The molecule has 2 rings (SSSR count). The number of benzene rings is 2. The summed E-state index contributed by atoms with van der Waals surface area (Å²) in [5, 5.41) is 9.37. The van der Waals surface area contributed by atoms with Crippen LogP contribution in [0.3, 0.4) is 0 Å². The number of aromatic hydroxyl groups is 1. The molecule has 4 nitrogen and oxygen atoms in total. The van der Waals surface area contributed by atoms with Gasteiger partial charge in [0.25, 0.3) is 0 Å². The zero-order valence-corrected chi connectivity index (χ0v) is 13.4. The lowest BCUT2D eigenvalue weighted by molar-refractivity contribution is 0.474. The van der Waals surface area contributed by atoms with Gasteiger partial charge in [0.15, 0.2) is 0 Å². The average molecular weight is 319 g/mol. The Bertz CT molecular complexity index is 726. The van der Waals surface area contributed by atoms with E-state index in [9.17, 15) is 13.5 Å². The van der Waals surface area contributed by atoms with Crippen LogP contribution in [0.25, 0.3) is 0 Å². The molecule has 5 heteroatoms. The van der Waals surface area contributed by atoms with Crippen LogP contribution in [-0.4, -0.2) is 20.1 Å². The highest BCUT2D eigenvalue weighted by atomic mass is 32.2. The minimum absolute atomic E-state index is 0.000799. The fraction of sp³-hybridized carbons (Fsp3) is 0.294. The minimum Gasteiger partial charge on any atom is -0.508 e. The number of phenolic OH excluding ortho intramolecular Hbond substituents is 1. The Hall–Kier alpha value is -1.85. The average Bonchev–Trinajstić information content (AvgIpc) is 2.43. The van der Waals surface area contributed by atoms with Gasteiger partial charge < -0.3 is 5.11 Å². The highest BCUT2D eigenvalue weighted by molar-refractivity contribution is 7.88. The van der Waals surface area contributed by atoms with E-state index in [1.807, 2.05) is 37.3 Å². The van der Waals surface area contributed by atoms with E-state index < -0.39 is 10.0 Å². The lowest BCUT2D eigenvalue weighted by Gasteiger charge is -2.07. The number of rotatable bonds is 7. The smallest absolute Gasteiger partial charge is 0.215 e. The molecule has 0 aliphatic rings. The fourth-order valence-corrected chi connectivity index (χ4v) is 3.48. The Morgan fingerprint density at radius 3 is 2.50 bits per heavy atom. The standard InChI is InChI=1S/C17H21NO3S/c1-14-5-2-7-16(11-14)13-22(20,21)18-10-4-8-15-6-3-9-17(19)12-15/h2-3,5-7,9,11-12,18-19H,4,8,10,13H2,1H3. The van der Waals surface area contributed by atoms with Crippen molar-refractivity contribution in [2.45, 2.75) is 25.5 Å². The molecule has 0 saturated heterocycles. The van der Waals surface area contributed by atoms with Crippen molar-refractivity contribution in [1.29, 1.82) is 0 Å². The lowest BCUT2D eigenvalue weighted by Crippen LogP contribution is -2.26. The molecule has 118 valence electrons. The van der Waals surface area contributed by atoms with Crippen molar-refractivity contribution in [3.63, 3.8) is 0 Å². The number of phenols is 1. The van der Waals surface area contributed by atoms with Crippen LogP contribution < -0.4 is 4.72 Å². The summed E-state index contributed by atoms with van der Waals surface area (Å²) in [4.78, 5) is 0. The molecule has 0 fully saturated rings. The van der Waals surface area contributed by atoms with E-state index in [-0.39, 0.29) is 11.5 Å². The van der Waals surface area contributed by atoms with Gasteiger partial charge in [-0.2, -0.15) is 0 Å². The Morgan fingerprint density at radius 2 is 1.77 bits per heavy atom. The maximum Gasteiger partial charge on any atom is 0.215 e. The quantitative estimate of drug-likeness (QED) is 0.771. The SMILES string of the molecule is Cc1cccc(CS(=O)(=O)NCCCc2cccc(O)c2)c1. The molecule has 0 heterocycles. The molecular weight excluding hydrogens is 298 g/mol. The summed E-state index contributed by atoms with van der Waals surface area (Å²) in [5.74, 6) is 0.235. The fourth-order valence-electron chi connectivity index (χ4n) is 2.30. The number of sulfonamides is 1. The van der Waals surface area contributed by atoms with Crippen molar-refractivity contribution < 1.29 is 13.5 Å². The molecule has 22 heavy (non-hydrogen) atoms. The normalized spacial score (nSPS) is 11.5. The minimum atomic E-state index is -3.31. The van der Waals surface area contributed by atoms with Crippen LogP contribution in [-0.2, 0) is 22.2 Å². The van der Waals surface area contributed by atoms with Gasteiger partial charge in [-0.15, -0.1) is 0 Å². The number of aryl methyl sites for hydroxylation is 2. The first kappa shape index (κ1) is 16.5. The van der Waals surface area contributed by atoms with Crippen molar-refractivity contribution in [2.75, 3.05) is 6.54 Å². The van der Waals surface area contributed by atoms with E-state index >= 15 is 0 Å². The molecule has 0 bridgehead atoms. The molecule has 2 N–H and O–H groups in total. The second-order valence-electron chi connectivity index (χ2n) is 5.42. The van der Waals surface area contributed by atoms with Crippen LogP contribution in [0.15, 0.2) is 48.5 Å². The van der Waals surface area contributed by atoms with Crippen LogP contribution in [0.4, 0.5) is 0 Å². The molecule has 0 radical (unpaired) electrons. The van der Waals surface area contributed by atoms with Crippen molar-refractivity contribution in [1.82, 2.24) is 4.72 Å². The molecule has 0 saturated carbocycles. The second kappa shape index (κ2) is 7.42.